The smallest absolute Gasteiger partial charge is 0.407 e. The zero-order valence-electron chi connectivity index (χ0n) is 14.9. The summed E-state index contributed by atoms with van der Waals surface area (Å²) in [4.78, 5) is 12.4. The van der Waals surface area contributed by atoms with E-state index < -0.39 is 18.0 Å². The predicted octanol–water partition coefficient (Wildman–Crippen LogP) is 2.22. The number of aliphatic hydroxyl groups is 1. The molecule has 9 heteroatoms. The monoisotopic (exact) mass is 446 g/mol. The number of hydrogen-bond donors (Lipinski definition) is 3. The van der Waals surface area contributed by atoms with Gasteiger partial charge in [-0.05, 0) is 47.3 Å². The molecule has 0 radical (unpaired) electrons. The molecule has 2 atom stereocenters. The predicted molar refractivity (Wildman–Crippen MR) is 99.5 cm³/mol. The largest absolute Gasteiger partial charge is 0.488 e. The van der Waals surface area contributed by atoms with Crippen LogP contribution in [0, 0.1) is 5.82 Å². The van der Waals surface area contributed by atoms with E-state index in [-0.39, 0.29) is 24.0 Å². The Hall–Kier alpha value is -1.42. The van der Waals surface area contributed by atoms with E-state index in [9.17, 15) is 14.3 Å². The average Bonchev–Trinajstić information content (AvgIpc) is 3.04. The lowest BCUT2D eigenvalue weighted by Crippen LogP contribution is -2.46. The SMILES string of the molecule is O=C(O)N1CCC2(CC1)CC(NC[C@H](O)COc1cccc(Br)c1F)CO2. The third kappa shape index (κ3) is 5.10. The van der Waals surface area contributed by atoms with Crippen LogP contribution in [0.25, 0.3) is 0 Å². The lowest BCUT2D eigenvalue weighted by molar-refractivity contribution is -0.0395. The van der Waals surface area contributed by atoms with Crippen LogP contribution in [-0.4, -0.2) is 71.8 Å². The number of benzene rings is 1. The normalized spacial score (nSPS) is 22.8. The number of nitrogens with zero attached hydrogens (tertiary/aromatic N) is 1. The van der Waals surface area contributed by atoms with Crippen LogP contribution in [0.2, 0.25) is 0 Å². The zero-order valence-corrected chi connectivity index (χ0v) is 16.5. The van der Waals surface area contributed by atoms with Crippen molar-refractivity contribution in [2.24, 2.45) is 0 Å². The van der Waals surface area contributed by atoms with Gasteiger partial charge >= 0.3 is 6.09 Å². The molecule has 0 bridgehead atoms. The maximum absolute atomic E-state index is 13.8. The minimum absolute atomic E-state index is 0.0212. The number of likely N-dealkylation sites (tertiary alicyclic amines) is 1. The van der Waals surface area contributed by atoms with E-state index in [1.165, 1.54) is 11.0 Å². The van der Waals surface area contributed by atoms with Crippen LogP contribution in [0.5, 0.6) is 5.75 Å². The Kier molecular flexibility index (Phi) is 6.56. The summed E-state index contributed by atoms with van der Waals surface area (Å²) in [7, 11) is 0. The number of carbonyl (C=O) groups is 1. The van der Waals surface area contributed by atoms with Crippen molar-refractivity contribution >= 4 is 22.0 Å². The van der Waals surface area contributed by atoms with Gasteiger partial charge in [-0.15, -0.1) is 0 Å². The molecule has 0 saturated carbocycles. The molecule has 0 aromatic heterocycles. The van der Waals surface area contributed by atoms with Crippen LogP contribution >= 0.6 is 15.9 Å². The highest BCUT2D eigenvalue weighted by molar-refractivity contribution is 9.10. The lowest BCUT2D eigenvalue weighted by Gasteiger charge is -2.37. The number of amides is 1. The van der Waals surface area contributed by atoms with Crippen molar-refractivity contribution in [3.8, 4) is 5.75 Å². The Morgan fingerprint density at radius 3 is 2.93 bits per heavy atom. The number of aliphatic hydroxyl groups excluding tert-OH is 1. The van der Waals surface area contributed by atoms with Crippen molar-refractivity contribution in [1.82, 2.24) is 10.2 Å². The van der Waals surface area contributed by atoms with Crippen LogP contribution in [0.1, 0.15) is 19.3 Å². The van der Waals surface area contributed by atoms with Gasteiger partial charge in [0, 0.05) is 25.7 Å². The van der Waals surface area contributed by atoms with Crippen LogP contribution < -0.4 is 10.1 Å². The number of ether oxygens (including phenoxy) is 2. The second-order valence-electron chi connectivity index (χ2n) is 7.09. The Morgan fingerprint density at radius 2 is 2.22 bits per heavy atom. The summed E-state index contributed by atoms with van der Waals surface area (Å²) in [6.07, 6.45) is 0.488. The van der Waals surface area contributed by atoms with Gasteiger partial charge in [0.25, 0.3) is 0 Å². The van der Waals surface area contributed by atoms with Gasteiger partial charge in [0.1, 0.15) is 12.7 Å². The van der Waals surface area contributed by atoms with Gasteiger partial charge in [0.2, 0.25) is 0 Å². The Bertz CT molecular complexity index is 669. The van der Waals surface area contributed by atoms with Gasteiger partial charge in [0.05, 0.1) is 16.7 Å². The standard InChI is InChI=1S/C18H24BrFN2O5/c19-14-2-1-3-15(16(14)20)26-11-13(23)9-21-12-8-18(27-10-12)4-6-22(7-5-18)17(24)25/h1-3,12-13,21,23H,4-11H2,(H,24,25)/t12?,13-/m0/s1. The fourth-order valence-corrected chi connectivity index (χ4v) is 3.92. The highest BCUT2D eigenvalue weighted by Crippen LogP contribution is 2.36. The number of hydrogen-bond acceptors (Lipinski definition) is 5. The van der Waals surface area contributed by atoms with Gasteiger partial charge in [0.15, 0.2) is 11.6 Å². The third-order valence-corrected chi connectivity index (χ3v) is 5.76. The molecule has 1 aromatic rings. The fraction of sp³-hybridized carbons (Fsp3) is 0.611. The summed E-state index contributed by atoms with van der Waals surface area (Å²) in [6, 6.07) is 4.85. The van der Waals surface area contributed by atoms with Crippen molar-refractivity contribution < 1.29 is 28.9 Å². The van der Waals surface area contributed by atoms with Gasteiger partial charge < -0.3 is 29.9 Å². The van der Waals surface area contributed by atoms with Gasteiger partial charge in [-0.1, -0.05) is 6.07 Å². The van der Waals surface area contributed by atoms with Gasteiger partial charge in [-0.25, -0.2) is 9.18 Å². The molecular formula is C18H24BrFN2O5. The molecule has 2 saturated heterocycles. The van der Waals surface area contributed by atoms with Crippen LogP contribution in [0.15, 0.2) is 22.7 Å². The molecular weight excluding hydrogens is 423 g/mol. The zero-order chi connectivity index (χ0) is 19.4. The highest BCUT2D eigenvalue weighted by atomic mass is 79.9. The average molecular weight is 447 g/mol. The summed E-state index contributed by atoms with van der Waals surface area (Å²) in [5.41, 5.74) is -0.273. The third-order valence-electron chi connectivity index (χ3n) is 5.14. The second kappa shape index (κ2) is 8.72. The second-order valence-corrected chi connectivity index (χ2v) is 7.94. The van der Waals surface area contributed by atoms with Crippen LogP contribution in [0.4, 0.5) is 9.18 Å². The van der Waals surface area contributed by atoms with E-state index in [0.717, 1.165) is 6.42 Å². The maximum Gasteiger partial charge on any atom is 0.407 e. The first-order valence-electron chi connectivity index (χ1n) is 8.99. The molecule has 3 rings (SSSR count). The molecule has 1 spiro atoms. The number of nitrogens with one attached hydrogen (secondary N) is 1. The molecule has 7 nitrogen and oxygen atoms in total. The Labute approximate surface area is 165 Å². The Morgan fingerprint density at radius 1 is 1.48 bits per heavy atom. The van der Waals surface area contributed by atoms with Gasteiger partial charge in [-0.3, -0.25) is 0 Å². The first kappa shape index (κ1) is 20.3. The number of piperidine rings is 1. The van der Waals surface area contributed by atoms with Crippen molar-refractivity contribution in [2.45, 2.75) is 37.0 Å². The molecule has 1 amide bonds. The van der Waals surface area contributed by atoms with Crippen LogP contribution in [0.3, 0.4) is 0 Å². The van der Waals surface area contributed by atoms with Gasteiger partial charge in [-0.2, -0.15) is 0 Å². The van der Waals surface area contributed by atoms with E-state index >= 15 is 0 Å². The number of carboxylic acid groups (broad SMARTS) is 1. The minimum Gasteiger partial charge on any atom is -0.488 e. The molecule has 1 unspecified atom stereocenters. The molecule has 150 valence electrons. The lowest BCUT2D eigenvalue weighted by atomic mass is 9.87. The number of rotatable bonds is 6. The van der Waals surface area contributed by atoms with E-state index in [4.69, 9.17) is 14.6 Å². The molecule has 2 aliphatic heterocycles. The molecule has 0 aliphatic carbocycles. The summed E-state index contributed by atoms with van der Waals surface area (Å²) in [5.74, 6) is -0.395. The molecule has 3 N–H and O–H groups in total. The van der Waals surface area contributed by atoms with Crippen molar-refractivity contribution in [2.75, 3.05) is 32.8 Å². The molecule has 2 fully saturated rings. The first-order chi connectivity index (χ1) is 12.9. The van der Waals surface area contributed by atoms with E-state index in [1.807, 2.05) is 0 Å². The minimum atomic E-state index is -0.887. The molecule has 1 aromatic carbocycles. The molecule has 2 heterocycles. The van der Waals surface area contributed by atoms with Crippen molar-refractivity contribution in [1.29, 1.82) is 0 Å². The fourth-order valence-electron chi connectivity index (χ4n) is 3.57. The summed E-state index contributed by atoms with van der Waals surface area (Å²) >= 11 is 3.10. The summed E-state index contributed by atoms with van der Waals surface area (Å²) < 4.78 is 25.5. The highest BCUT2D eigenvalue weighted by Gasteiger charge is 2.43. The topological polar surface area (TPSA) is 91.3 Å². The van der Waals surface area contributed by atoms with E-state index in [0.29, 0.717) is 43.6 Å². The van der Waals surface area contributed by atoms with Crippen molar-refractivity contribution in [3.05, 3.63) is 28.5 Å². The van der Waals surface area contributed by atoms with E-state index in [2.05, 4.69) is 21.2 Å². The summed E-state index contributed by atoms with van der Waals surface area (Å²) in [6.45, 7) is 1.78. The molecule has 27 heavy (non-hydrogen) atoms. The molecule has 2 aliphatic rings. The van der Waals surface area contributed by atoms with Crippen LogP contribution in [-0.2, 0) is 4.74 Å². The quantitative estimate of drug-likeness (QED) is 0.620. The summed E-state index contributed by atoms with van der Waals surface area (Å²) in [5, 5.41) is 22.4. The maximum atomic E-state index is 13.8. The number of halogens is 2. The van der Waals surface area contributed by atoms with Crippen molar-refractivity contribution in [3.63, 3.8) is 0 Å². The van der Waals surface area contributed by atoms with E-state index in [1.54, 1.807) is 12.1 Å². The Balaban J connectivity index is 1.39. The first-order valence-corrected chi connectivity index (χ1v) is 9.78.